The van der Waals surface area contributed by atoms with Crippen molar-refractivity contribution >= 4 is 5.91 Å². The van der Waals surface area contributed by atoms with Crippen LogP contribution >= 0.6 is 0 Å². The summed E-state index contributed by atoms with van der Waals surface area (Å²) in [6.45, 7) is 5.42. The minimum atomic E-state index is -0.429. The molecule has 2 aromatic rings. The average Bonchev–Trinajstić information content (AvgIpc) is 3.11. The van der Waals surface area contributed by atoms with Crippen LogP contribution in [0, 0.1) is 5.82 Å². The van der Waals surface area contributed by atoms with Crippen LogP contribution in [0.5, 0.6) is 11.5 Å². The molecule has 0 aromatic heterocycles. The Hall–Kier alpha value is -2.68. The van der Waals surface area contributed by atoms with Gasteiger partial charge in [-0.3, -0.25) is 9.69 Å². The van der Waals surface area contributed by atoms with Crippen molar-refractivity contribution in [2.75, 3.05) is 59.7 Å². The van der Waals surface area contributed by atoms with Crippen LogP contribution in [0.3, 0.4) is 0 Å². The number of hydrogen-bond acceptors (Lipinski definition) is 6. The molecule has 7 nitrogen and oxygen atoms in total. The zero-order chi connectivity index (χ0) is 24.5. The zero-order valence-corrected chi connectivity index (χ0v) is 20.4. The first-order valence-corrected chi connectivity index (χ1v) is 12.3. The van der Waals surface area contributed by atoms with Gasteiger partial charge in [-0.2, -0.15) is 0 Å². The standard InChI is InChI=1S/C27H35FN2O5/c1-32-27(21-35-25-6-3-2-5-24(25)28)11-4-13-29(14-12-27)19-22-7-9-23(10-8-22)34-20-26(31)30-15-17-33-18-16-30/h2-3,5-10H,4,11-21H2,1H3. The first-order chi connectivity index (χ1) is 17.1. The summed E-state index contributed by atoms with van der Waals surface area (Å²) in [5.74, 6) is 0.586. The SMILES string of the molecule is COC1(COc2ccccc2F)CCCN(Cc2ccc(OCC(=O)N3CCOCC3)cc2)CC1. The van der Waals surface area contributed by atoms with E-state index in [-0.39, 0.29) is 24.1 Å². The molecule has 2 heterocycles. The van der Waals surface area contributed by atoms with Crippen LogP contribution in [0.4, 0.5) is 4.39 Å². The maximum atomic E-state index is 14.0. The largest absolute Gasteiger partial charge is 0.488 e. The second-order valence-electron chi connectivity index (χ2n) is 9.16. The normalized spacial score (nSPS) is 21.4. The van der Waals surface area contributed by atoms with Crippen LogP contribution in [0.15, 0.2) is 48.5 Å². The smallest absolute Gasteiger partial charge is 0.260 e. The summed E-state index contributed by atoms with van der Waals surface area (Å²) in [7, 11) is 1.71. The molecule has 1 atom stereocenters. The van der Waals surface area contributed by atoms with Gasteiger partial charge >= 0.3 is 0 Å². The van der Waals surface area contributed by atoms with Crippen LogP contribution in [0.25, 0.3) is 0 Å². The van der Waals surface area contributed by atoms with Crippen molar-refractivity contribution in [3.8, 4) is 11.5 Å². The molecule has 0 bridgehead atoms. The second kappa shape index (κ2) is 12.3. The number of halogens is 1. The Bertz CT molecular complexity index is 951. The summed E-state index contributed by atoms with van der Waals surface area (Å²) in [5, 5.41) is 0. The van der Waals surface area contributed by atoms with Gasteiger partial charge in [-0.1, -0.05) is 24.3 Å². The van der Waals surface area contributed by atoms with Gasteiger partial charge in [0.1, 0.15) is 18.0 Å². The van der Waals surface area contributed by atoms with Crippen molar-refractivity contribution in [3.05, 3.63) is 59.9 Å². The number of likely N-dealkylation sites (tertiary alicyclic amines) is 1. The molecular formula is C27H35FN2O5. The van der Waals surface area contributed by atoms with E-state index < -0.39 is 5.60 Å². The Morgan fingerprint density at radius 1 is 1.00 bits per heavy atom. The number of para-hydroxylation sites is 1. The number of amides is 1. The van der Waals surface area contributed by atoms with Crippen LogP contribution in [-0.4, -0.2) is 81.0 Å². The number of morpholine rings is 1. The summed E-state index contributed by atoms with van der Waals surface area (Å²) >= 11 is 0. The van der Waals surface area contributed by atoms with Gasteiger partial charge < -0.3 is 23.8 Å². The van der Waals surface area contributed by atoms with Gasteiger partial charge in [-0.05, 0) is 55.6 Å². The average molecular weight is 487 g/mol. The fourth-order valence-corrected chi connectivity index (χ4v) is 4.56. The maximum absolute atomic E-state index is 14.0. The van der Waals surface area contributed by atoms with E-state index in [2.05, 4.69) is 4.90 Å². The fourth-order valence-electron chi connectivity index (χ4n) is 4.56. The summed E-state index contributed by atoms with van der Waals surface area (Å²) in [6.07, 6.45) is 2.64. The number of hydrogen-bond donors (Lipinski definition) is 0. The van der Waals surface area contributed by atoms with Crippen molar-refractivity contribution in [1.82, 2.24) is 9.80 Å². The van der Waals surface area contributed by atoms with Crippen molar-refractivity contribution in [2.45, 2.75) is 31.4 Å². The monoisotopic (exact) mass is 486 g/mol. The molecule has 4 rings (SSSR count). The Kier molecular flexibility index (Phi) is 8.95. The summed E-state index contributed by atoms with van der Waals surface area (Å²) in [4.78, 5) is 16.4. The van der Waals surface area contributed by atoms with Gasteiger partial charge in [0.05, 0.1) is 13.2 Å². The second-order valence-corrected chi connectivity index (χ2v) is 9.16. The highest BCUT2D eigenvalue weighted by atomic mass is 19.1. The van der Waals surface area contributed by atoms with Crippen LogP contribution in [-0.2, 0) is 20.8 Å². The number of ether oxygens (including phenoxy) is 4. The lowest BCUT2D eigenvalue weighted by molar-refractivity contribution is -0.137. The van der Waals surface area contributed by atoms with Crippen molar-refractivity contribution < 1.29 is 28.1 Å². The molecular weight excluding hydrogens is 451 g/mol. The molecule has 2 aliphatic heterocycles. The van der Waals surface area contributed by atoms with Crippen molar-refractivity contribution in [2.24, 2.45) is 0 Å². The molecule has 0 aliphatic carbocycles. The third-order valence-electron chi connectivity index (χ3n) is 6.81. The summed E-state index contributed by atoms with van der Waals surface area (Å²) in [6, 6.07) is 14.4. The zero-order valence-electron chi connectivity index (χ0n) is 20.4. The molecule has 0 spiro atoms. The summed E-state index contributed by atoms with van der Waals surface area (Å²) < 4.78 is 36.6. The molecule has 190 valence electrons. The van der Waals surface area contributed by atoms with Crippen molar-refractivity contribution in [1.29, 1.82) is 0 Å². The highest BCUT2D eigenvalue weighted by molar-refractivity contribution is 5.77. The lowest BCUT2D eigenvalue weighted by atomic mass is 9.95. The minimum Gasteiger partial charge on any atom is -0.488 e. The van der Waals surface area contributed by atoms with E-state index in [4.69, 9.17) is 18.9 Å². The number of carbonyl (C=O) groups is 1. The first kappa shape index (κ1) is 25.4. The third-order valence-corrected chi connectivity index (χ3v) is 6.81. The van der Waals surface area contributed by atoms with E-state index in [0.717, 1.165) is 38.9 Å². The van der Waals surface area contributed by atoms with E-state index >= 15 is 0 Å². The minimum absolute atomic E-state index is 0.0115. The molecule has 0 saturated carbocycles. The number of benzene rings is 2. The van der Waals surface area contributed by atoms with Crippen molar-refractivity contribution in [3.63, 3.8) is 0 Å². The Morgan fingerprint density at radius 2 is 1.77 bits per heavy atom. The molecule has 35 heavy (non-hydrogen) atoms. The number of rotatable bonds is 9. The van der Waals surface area contributed by atoms with E-state index in [1.807, 2.05) is 24.3 Å². The summed E-state index contributed by atoms with van der Waals surface area (Å²) in [5.41, 5.74) is 0.756. The number of carbonyl (C=O) groups excluding carboxylic acids is 1. The van der Waals surface area contributed by atoms with Gasteiger partial charge in [0, 0.05) is 33.3 Å². The number of nitrogens with zero attached hydrogens (tertiary/aromatic N) is 2. The quantitative estimate of drug-likeness (QED) is 0.541. The van der Waals surface area contributed by atoms with Crippen LogP contribution < -0.4 is 9.47 Å². The molecule has 1 amide bonds. The highest BCUT2D eigenvalue weighted by Crippen LogP contribution is 2.29. The van der Waals surface area contributed by atoms with E-state index in [0.29, 0.717) is 38.7 Å². The Labute approximate surface area is 206 Å². The molecule has 2 aliphatic rings. The molecule has 0 radical (unpaired) electrons. The Balaban J connectivity index is 1.25. The fraction of sp³-hybridized carbons (Fsp3) is 0.519. The van der Waals surface area contributed by atoms with E-state index in [9.17, 15) is 9.18 Å². The topological polar surface area (TPSA) is 60.5 Å². The molecule has 1 unspecified atom stereocenters. The van der Waals surface area contributed by atoms with Gasteiger partial charge in [0.25, 0.3) is 5.91 Å². The predicted molar refractivity (Wildman–Crippen MR) is 130 cm³/mol. The number of methoxy groups -OCH3 is 1. The lowest BCUT2D eigenvalue weighted by Crippen LogP contribution is -2.42. The molecule has 8 heteroatoms. The van der Waals surface area contributed by atoms with Gasteiger partial charge in [0.2, 0.25) is 0 Å². The van der Waals surface area contributed by atoms with E-state index in [1.54, 1.807) is 30.2 Å². The highest BCUT2D eigenvalue weighted by Gasteiger charge is 2.34. The maximum Gasteiger partial charge on any atom is 0.260 e. The van der Waals surface area contributed by atoms with Gasteiger partial charge in [-0.25, -0.2) is 4.39 Å². The van der Waals surface area contributed by atoms with Gasteiger partial charge in [0.15, 0.2) is 18.2 Å². The predicted octanol–water partition coefficient (Wildman–Crippen LogP) is 3.51. The van der Waals surface area contributed by atoms with Crippen LogP contribution in [0.2, 0.25) is 0 Å². The van der Waals surface area contributed by atoms with Crippen LogP contribution in [0.1, 0.15) is 24.8 Å². The molecule has 2 fully saturated rings. The van der Waals surface area contributed by atoms with Gasteiger partial charge in [-0.15, -0.1) is 0 Å². The Morgan fingerprint density at radius 3 is 2.51 bits per heavy atom. The van der Waals surface area contributed by atoms with E-state index in [1.165, 1.54) is 11.6 Å². The molecule has 2 saturated heterocycles. The molecule has 0 N–H and O–H groups in total. The molecule has 2 aromatic carbocycles. The lowest BCUT2D eigenvalue weighted by Gasteiger charge is -2.31. The third kappa shape index (κ3) is 7.16. The first-order valence-electron chi connectivity index (χ1n) is 12.3.